The molecular formula is C14H21N3O2. The van der Waals surface area contributed by atoms with Crippen molar-refractivity contribution in [3.63, 3.8) is 0 Å². The number of amidine groups is 1. The molecule has 0 saturated heterocycles. The van der Waals surface area contributed by atoms with E-state index in [4.69, 9.17) is 10.9 Å². The predicted molar refractivity (Wildman–Crippen MR) is 75.1 cm³/mol. The minimum atomic E-state index is -0.174. The number of hydrogen-bond acceptors (Lipinski definition) is 3. The van der Waals surface area contributed by atoms with Crippen LogP contribution in [0.2, 0.25) is 0 Å². The van der Waals surface area contributed by atoms with Gasteiger partial charge in [0.05, 0.1) is 0 Å². The highest BCUT2D eigenvalue weighted by Crippen LogP contribution is 2.09. The van der Waals surface area contributed by atoms with E-state index in [0.29, 0.717) is 13.0 Å². The summed E-state index contributed by atoms with van der Waals surface area (Å²) in [5.41, 5.74) is 7.81. The van der Waals surface area contributed by atoms with E-state index in [2.05, 4.69) is 10.5 Å². The zero-order chi connectivity index (χ0) is 14.3. The van der Waals surface area contributed by atoms with Crippen molar-refractivity contribution in [2.24, 2.45) is 16.8 Å². The van der Waals surface area contributed by atoms with Gasteiger partial charge in [-0.2, -0.15) is 0 Å². The molecule has 1 unspecified atom stereocenters. The molecule has 0 bridgehead atoms. The molecule has 1 rings (SSSR count). The van der Waals surface area contributed by atoms with Gasteiger partial charge in [0.1, 0.15) is 5.84 Å². The molecule has 5 heteroatoms. The predicted octanol–water partition coefficient (Wildman–Crippen LogP) is 1.43. The molecule has 0 fully saturated rings. The van der Waals surface area contributed by atoms with E-state index in [1.54, 1.807) is 6.92 Å². The van der Waals surface area contributed by atoms with Gasteiger partial charge >= 0.3 is 0 Å². The molecule has 0 aliphatic rings. The van der Waals surface area contributed by atoms with Gasteiger partial charge in [-0.25, -0.2) is 0 Å². The van der Waals surface area contributed by atoms with Gasteiger partial charge in [-0.05, 0) is 24.5 Å². The van der Waals surface area contributed by atoms with Gasteiger partial charge in [-0.3, -0.25) is 4.79 Å². The Morgan fingerprint density at radius 1 is 1.47 bits per heavy atom. The van der Waals surface area contributed by atoms with Crippen molar-refractivity contribution in [1.82, 2.24) is 5.32 Å². The van der Waals surface area contributed by atoms with Crippen molar-refractivity contribution in [2.75, 3.05) is 6.54 Å². The van der Waals surface area contributed by atoms with Gasteiger partial charge in [0.15, 0.2) is 0 Å². The lowest BCUT2D eigenvalue weighted by Crippen LogP contribution is -2.34. The molecular weight excluding hydrogens is 242 g/mol. The summed E-state index contributed by atoms with van der Waals surface area (Å²) in [6, 6.07) is 8.02. The Labute approximate surface area is 113 Å². The lowest BCUT2D eigenvalue weighted by molar-refractivity contribution is -0.121. The lowest BCUT2D eigenvalue weighted by atomic mass is 10.0. The molecule has 0 radical (unpaired) electrons. The van der Waals surface area contributed by atoms with Crippen LogP contribution in [-0.4, -0.2) is 23.5 Å². The van der Waals surface area contributed by atoms with Crippen LogP contribution in [0.3, 0.4) is 0 Å². The first-order chi connectivity index (χ1) is 9.04. The molecule has 0 heterocycles. The van der Waals surface area contributed by atoms with Crippen LogP contribution in [0.5, 0.6) is 0 Å². The van der Waals surface area contributed by atoms with Crippen molar-refractivity contribution < 1.29 is 10.0 Å². The average Bonchev–Trinajstić information content (AvgIpc) is 2.42. The molecule has 0 aromatic heterocycles. The number of rotatable bonds is 6. The fourth-order valence-corrected chi connectivity index (χ4v) is 1.70. The number of carbonyl (C=O) groups is 1. The second-order valence-corrected chi connectivity index (χ2v) is 4.66. The second-order valence-electron chi connectivity index (χ2n) is 4.66. The first kappa shape index (κ1) is 15.0. The summed E-state index contributed by atoms with van der Waals surface area (Å²) in [4.78, 5) is 11.7. The molecule has 0 spiro atoms. The first-order valence-electron chi connectivity index (χ1n) is 6.33. The van der Waals surface area contributed by atoms with E-state index >= 15 is 0 Å². The van der Waals surface area contributed by atoms with Crippen molar-refractivity contribution in [3.8, 4) is 0 Å². The topological polar surface area (TPSA) is 87.7 Å². The third-order valence-corrected chi connectivity index (χ3v) is 3.11. The Morgan fingerprint density at radius 3 is 2.79 bits per heavy atom. The van der Waals surface area contributed by atoms with E-state index in [1.165, 1.54) is 11.1 Å². The van der Waals surface area contributed by atoms with E-state index in [-0.39, 0.29) is 17.7 Å². The maximum absolute atomic E-state index is 11.7. The van der Waals surface area contributed by atoms with Gasteiger partial charge < -0.3 is 16.3 Å². The summed E-state index contributed by atoms with van der Waals surface area (Å²) in [6.45, 7) is 4.20. The SMILES string of the molecule is Cc1ccccc1CCC(=O)NCC(C)/C(N)=N/O. The van der Waals surface area contributed by atoms with Crippen molar-refractivity contribution in [1.29, 1.82) is 0 Å². The number of hydrogen-bond donors (Lipinski definition) is 3. The molecule has 0 saturated carbocycles. The van der Waals surface area contributed by atoms with Crippen LogP contribution in [0.25, 0.3) is 0 Å². The summed E-state index contributed by atoms with van der Waals surface area (Å²) in [6.07, 6.45) is 1.16. The van der Waals surface area contributed by atoms with Crippen molar-refractivity contribution >= 4 is 11.7 Å². The van der Waals surface area contributed by atoms with Crippen LogP contribution in [0, 0.1) is 12.8 Å². The van der Waals surface area contributed by atoms with Gasteiger partial charge in [-0.1, -0.05) is 36.3 Å². The largest absolute Gasteiger partial charge is 0.409 e. The van der Waals surface area contributed by atoms with Crippen molar-refractivity contribution in [3.05, 3.63) is 35.4 Å². The molecule has 1 atom stereocenters. The Morgan fingerprint density at radius 2 is 2.16 bits per heavy atom. The highest BCUT2D eigenvalue weighted by atomic mass is 16.4. The van der Waals surface area contributed by atoms with Crippen LogP contribution < -0.4 is 11.1 Å². The number of amides is 1. The molecule has 0 aliphatic carbocycles. The summed E-state index contributed by atoms with van der Waals surface area (Å²) < 4.78 is 0. The number of benzene rings is 1. The smallest absolute Gasteiger partial charge is 0.220 e. The van der Waals surface area contributed by atoms with E-state index in [9.17, 15) is 4.79 Å². The third kappa shape index (κ3) is 4.99. The standard InChI is InChI=1S/C14H21N3O2/c1-10-5-3-4-6-12(10)7-8-13(18)16-9-11(2)14(15)17-19/h3-6,11,19H,7-9H2,1-2H3,(H2,15,17)(H,16,18). The zero-order valence-electron chi connectivity index (χ0n) is 11.4. The number of carbonyl (C=O) groups excluding carboxylic acids is 1. The summed E-state index contributed by atoms with van der Waals surface area (Å²) in [5.74, 6) is -0.0764. The summed E-state index contributed by atoms with van der Waals surface area (Å²) in [7, 11) is 0. The highest BCUT2D eigenvalue weighted by Gasteiger charge is 2.09. The fourth-order valence-electron chi connectivity index (χ4n) is 1.70. The Hall–Kier alpha value is -2.04. The number of nitrogens with zero attached hydrogens (tertiary/aromatic N) is 1. The zero-order valence-corrected chi connectivity index (χ0v) is 11.4. The second kappa shape index (κ2) is 7.41. The van der Waals surface area contributed by atoms with Crippen molar-refractivity contribution in [2.45, 2.75) is 26.7 Å². The third-order valence-electron chi connectivity index (χ3n) is 3.11. The highest BCUT2D eigenvalue weighted by molar-refractivity contribution is 5.83. The molecule has 5 nitrogen and oxygen atoms in total. The number of aryl methyl sites for hydroxylation is 2. The summed E-state index contributed by atoms with van der Waals surface area (Å²) in [5, 5.41) is 14.2. The van der Waals surface area contributed by atoms with E-state index in [0.717, 1.165) is 6.42 Å². The van der Waals surface area contributed by atoms with Crippen LogP contribution in [0.15, 0.2) is 29.4 Å². The van der Waals surface area contributed by atoms with Crippen LogP contribution in [0.1, 0.15) is 24.5 Å². The van der Waals surface area contributed by atoms with Crippen LogP contribution in [0.4, 0.5) is 0 Å². The van der Waals surface area contributed by atoms with E-state index < -0.39 is 0 Å². The number of nitrogens with one attached hydrogen (secondary N) is 1. The Balaban J connectivity index is 2.35. The van der Waals surface area contributed by atoms with E-state index in [1.807, 2.05) is 31.2 Å². The number of nitrogens with two attached hydrogens (primary N) is 1. The minimum absolute atomic E-state index is 0.0270. The fraction of sp³-hybridized carbons (Fsp3) is 0.429. The molecule has 0 aliphatic heterocycles. The molecule has 104 valence electrons. The van der Waals surface area contributed by atoms with Gasteiger partial charge in [0, 0.05) is 18.9 Å². The normalized spacial score (nSPS) is 13.1. The Kier molecular flexibility index (Phi) is 5.85. The number of oxime groups is 1. The minimum Gasteiger partial charge on any atom is -0.409 e. The maximum Gasteiger partial charge on any atom is 0.220 e. The average molecular weight is 263 g/mol. The monoisotopic (exact) mass is 263 g/mol. The maximum atomic E-state index is 11.7. The molecule has 4 N–H and O–H groups in total. The molecule has 1 amide bonds. The van der Waals surface area contributed by atoms with Gasteiger partial charge in [-0.15, -0.1) is 0 Å². The molecule has 1 aromatic rings. The quantitative estimate of drug-likeness (QED) is 0.314. The summed E-state index contributed by atoms with van der Waals surface area (Å²) >= 11 is 0. The molecule has 19 heavy (non-hydrogen) atoms. The van der Waals surface area contributed by atoms with Crippen LogP contribution >= 0.6 is 0 Å². The lowest BCUT2D eigenvalue weighted by Gasteiger charge is -2.11. The van der Waals surface area contributed by atoms with Gasteiger partial charge in [0.2, 0.25) is 5.91 Å². The van der Waals surface area contributed by atoms with Crippen LogP contribution in [-0.2, 0) is 11.2 Å². The Bertz CT molecular complexity index is 458. The molecule has 1 aromatic carbocycles. The van der Waals surface area contributed by atoms with Gasteiger partial charge in [0.25, 0.3) is 0 Å². The first-order valence-corrected chi connectivity index (χ1v) is 6.33.